The van der Waals surface area contributed by atoms with Crippen molar-refractivity contribution < 1.29 is 22.7 Å². The van der Waals surface area contributed by atoms with Gasteiger partial charge in [0.1, 0.15) is 11.9 Å². The topological polar surface area (TPSA) is 29.5 Å². The number of rotatable bonds is 10. The molecule has 0 heterocycles. The van der Waals surface area contributed by atoms with Gasteiger partial charge in [0, 0.05) is 20.0 Å². The highest BCUT2D eigenvalue weighted by atomic mass is 19.4. The van der Waals surface area contributed by atoms with E-state index < -0.39 is 17.8 Å². The van der Waals surface area contributed by atoms with Gasteiger partial charge in [-0.15, -0.1) is 0 Å². The molecule has 192 valence electrons. The van der Waals surface area contributed by atoms with Crippen LogP contribution in [-0.2, 0) is 17.4 Å². The second-order valence-corrected chi connectivity index (χ2v) is 9.65. The fourth-order valence-electron chi connectivity index (χ4n) is 4.16. The van der Waals surface area contributed by atoms with Crippen molar-refractivity contribution in [3.8, 4) is 5.75 Å². The van der Waals surface area contributed by atoms with E-state index in [2.05, 4.69) is 26.0 Å². The number of ether oxygens (including phenoxy) is 1. The van der Waals surface area contributed by atoms with Crippen LogP contribution in [0.2, 0.25) is 0 Å². The van der Waals surface area contributed by atoms with E-state index >= 15 is 0 Å². The highest BCUT2D eigenvalue weighted by molar-refractivity contribution is 5.83. The first-order valence-electron chi connectivity index (χ1n) is 12.3. The maximum Gasteiger partial charge on any atom is 0.416 e. The number of hydrogen-bond acceptors (Lipinski definition) is 2. The quantitative estimate of drug-likeness (QED) is 0.288. The average molecular weight is 498 g/mol. The highest BCUT2D eigenvalue weighted by Crippen LogP contribution is 2.32. The van der Waals surface area contributed by atoms with Crippen LogP contribution in [0, 0.1) is 5.92 Å². The third kappa shape index (κ3) is 7.61. The lowest BCUT2D eigenvalue weighted by Crippen LogP contribution is -2.32. The number of halogens is 3. The van der Waals surface area contributed by atoms with Gasteiger partial charge in [0.2, 0.25) is 5.91 Å². The summed E-state index contributed by atoms with van der Waals surface area (Å²) in [7, 11) is 1.77. The minimum absolute atomic E-state index is 0.00736. The van der Waals surface area contributed by atoms with Gasteiger partial charge in [0.05, 0.1) is 11.5 Å². The van der Waals surface area contributed by atoms with Crippen LogP contribution in [0.3, 0.4) is 0 Å². The molecule has 36 heavy (non-hydrogen) atoms. The van der Waals surface area contributed by atoms with Gasteiger partial charge in [0.15, 0.2) is 0 Å². The smallest absolute Gasteiger partial charge is 0.416 e. The van der Waals surface area contributed by atoms with Crippen LogP contribution in [0.15, 0.2) is 78.9 Å². The molecule has 0 spiro atoms. The van der Waals surface area contributed by atoms with Gasteiger partial charge in [-0.05, 0) is 60.2 Å². The molecule has 2 unspecified atom stereocenters. The minimum atomic E-state index is -4.40. The van der Waals surface area contributed by atoms with E-state index in [1.807, 2.05) is 49.4 Å². The van der Waals surface area contributed by atoms with Crippen LogP contribution in [0.5, 0.6) is 5.75 Å². The summed E-state index contributed by atoms with van der Waals surface area (Å²) in [6.07, 6.45) is -3.31. The van der Waals surface area contributed by atoms with Gasteiger partial charge in [0.25, 0.3) is 0 Å². The second-order valence-electron chi connectivity index (χ2n) is 9.65. The van der Waals surface area contributed by atoms with Gasteiger partial charge < -0.3 is 9.64 Å². The van der Waals surface area contributed by atoms with Gasteiger partial charge in [-0.3, -0.25) is 4.79 Å². The molecular weight excluding hydrogens is 463 g/mol. The van der Waals surface area contributed by atoms with Crippen LogP contribution in [-0.4, -0.2) is 24.4 Å². The predicted octanol–water partition coefficient (Wildman–Crippen LogP) is 7.68. The first-order valence-corrected chi connectivity index (χ1v) is 12.3. The maximum absolute atomic E-state index is 13.1. The number of nitrogens with zero attached hydrogens (tertiary/aromatic N) is 1. The predicted molar refractivity (Wildman–Crippen MR) is 137 cm³/mol. The van der Waals surface area contributed by atoms with Crippen molar-refractivity contribution in [3.05, 3.63) is 101 Å². The summed E-state index contributed by atoms with van der Waals surface area (Å²) in [6.45, 7) is 6.70. The number of carbonyl (C=O) groups is 1. The van der Waals surface area contributed by atoms with Crippen molar-refractivity contribution in [2.75, 3.05) is 13.6 Å². The Labute approximate surface area is 211 Å². The SMILES string of the molecule is CC(C)Cc1ccc(C(C)C(=O)N(C)CCC(Oc2ccc(C(F)(F)F)cc2)c2ccccc2)cc1. The lowest BCUT2D eigenvalue weighted by atomic mass is 9.96. The molecule has 0 N–H and O–H groups in total. The molecule has 0 aliphatic rings. The Morgan fingerprint density at radius 3 is 2.03 bits per heavy atom. The molecule has 3 nitrogen and oxygen atoms in total. The van der Waals surface area contributed by atoms with Gasteiger partial charge in [-0.25, -0.2) is 0 Å². The summed E-state index contributed by atoms with van der Waals surface area (Å²) in [5.41, 5.74) is 2.41. The van der Waals surface area contributed by atoms with E-state index in [0.717, 1.165) is 29.7 Å². The molecule has 0 saturated carbocycles. The van der Waals surface area contributed by atoms with Crippen LogP contribution < -0.4 is 4.74 Å². The van der Waals surface area contributed by atoms with Gasteiger partial charge in [-0.1, -0.05) is 68.4 Å². The van der Waals surface area contributed by atoms with Crippen LogP contribution >= 0.6 is 0 Å². The zero-order valence-corrected chi connectivity index (χ0v) is 21.3. The van der Waals surface area contributed by atoms with E-state index in [1.165, 1.54) is 17.7 Å². The summed E-state index contributed by atoms with van der Waals surface area (Å²) in [5, 5.41) is 0. The van der Waals surface area contributed by atoms with E-state index in [9.17, 15) is 18.0 Å². The van der Waals surface area contributed by atoms with Crippen LogP contribution in [0.4, 0.5) is 13.2 Å². The number of likely N-dealkylation sites (N-methyl/N-ethyl adjacent to an activating group) is 1. The largest absolute Gasteiger partial charge is 0.486 e. The van der Waals surface area contributed by atoms with Crippen molar-refractivity contribution in [2.24, 2.45) is 5.92 Å². The zero-order valence-electron chi connectivity index (χ0n) is 21.3. The third-order valence-corrected chi connectivity index (χ3v) is 6.23. The molecule has 6 heteroatoms. The number of carbonyl (C=O) groups excluding carboxylic acids is 1. The summed E-state index contributed by atoms with van der Waals surface area (Å²) in [5.74, 6) is 0.645. The van der Waals surface area contributed by atoms with E-state index in [4.69, 9.17) is 4.74 Å². The molecule has 0 fully saturated rings. The lowest BCUT2D eigenvalue weighted by molar-refractivity contribution is -0.137. The third-order valence-electron chi connectivity index (χ3n) is 6.23. The maximum atomic E-state index is 13.1. The molecule has 0 bridgehead atoms. The number of amides is 1. The van der Waals surface area contributed by atoms with E-state index in [1.54, 1.807) is 11.9 Å². The molecule has 0 aliphatic carbocycles. The van der Waals surface area contributed by atoms with Crippen molar-refractivity contribution in [1.29, 1.82) is 0 Å². The fourth-order valence-corrected chi connectivity index (χ4v) is 4.16. The second kappa shape index (κ2) is 12.1. The first kappa shape index (κ1) is 27.3. The zero-order chi connectivity index (χ0) is 26.3. The summed E-state index contributed by atoms with van der Waals surface area (Å²) in [6, 6.07) is 22.4. The van der Waals surface area contributed by atoms with E-state index in [0.29, 0.717) is 24.6 Å². The Bertz CT molecular complexity index is 1090. The monoisotopic (exact) mass is 497 g/mol. The summed E-state index contributed by atoms with van der Waals surface area (Å²) < 4.78 is 44.8. The average Bonchev–Trinajstić information content (AvgIpc) is 2.86. The van der Waals surface area contributed by atoms with Crippen molar-refractivity contribution >= 4 is 5.91 Å². The van der Waals surface area contributed by atoms with Crippen LogP contribution in [0.1, 0.15) is 61.5 Å². The van der Waals surface area contributed by atoms with Crippen molar-refractivity contribution in [2.45, 2.75) is 51.8 Å². The number of hydrogen-bond donors (Lipinski definition) is 0. The van der Waals surface area contributed by atoms with Crippen molar-refractivity contribution in [3.63, 3.8) is 0 Å². The molecule has 0 saturated heterocycles. The highest BCUT2D eigenvalue weighted by Gasteiger charge is 2.30. The van der Waals surface area contributed by atoms with Crippen LogP contribution in [0.25, 0.3) is 0 Å². The standard InChI is InChI=1S/C30H34F3NO2/c1-21(2)20-23-10-12-24(13-11-23)22(3)29(35)34(4)19-18-28(25-8-6-5-7-9-25)36-27-16-14-26(15-17-27)30(31,32)33/h5-17,21-22,28H,18-20H2,1-4H3. The number of benzene rings is 3. The van der Waals surface area contributed by atoms with Gasteiger partial charge in [-0.2, -0.15) is 13.2 Å². The Morgan fingerprint density at radius 1 is 0.861 bits per heavy atom. The summed E-state index contributed by atoms with van der Waals surface area (Å²) in [4.78, 5) is 14.8. The molecular formula is C30H34F3NO2. The Balaban J connectivity index is 1.66. The van der Waals surface area contributed by atoms with E-state index in [-0.39, 0.29) is 11.8 Å². The number of alkyl halides is 3. The molecule has 1 amide bonds. The molecule has 0 aliphatic heterocycles. The summed E-state index contributed by atoms with van der Waals surface area (Å²) >= 11 is 0. The fraction of sp³-hybridized carbons (Fsp3) is 0.367. The Hall–Kier alpha value is -3.28. The molecule has 0 radical (unpaired) electrons. The molecule has 2 atom stereocenters. The molecule has 0 aromatic heterocycles. The van der Waals surface area contributed by atoms with Crippen molar-refractivity contribution in [1.82, 2.24) is 4.90 Å². The Morgan fingerprint density at radius 2 is 1.47 bits per heavy atom. The molecule has 3 rings (SSSR count). The molecule has 3 aromatic rings. The lowest BCUT2D eigenvalue weighted by Gasteiger charge is -2.25. The normalized spacial score (nSPS) is 13.3. The minimum Gasteiger partial charge on any atom is -0.486 e. The first-order chi connectivity index (χ1) is 17.0. The van der Waals surface area contributed by atoms with Gasteiger partial charge >= 0.3 is 6.18 Å². The molecule has 3 aromatic carbocycles. The Kier molecular flexibility index (Phi) is 9.19.